The molecule has 0 bridgehead atoms. The summed E-state index contributed by atoms with van der Waals surface area (Å²) in [7, 11) is 0. The van der Waals surface area contributed by atoms with E-state index in [2.05, 4.69) is 19.0 Å². The molecule has 0 aromatic heterocycles. The largest absolute Gasteiger partial charge is 0.235 e. The van der Waals surface area contributed by atoms with E-state index in [9.17, 15) is 0 Å². The fraction of sp³-hybridized carbons (Fsp3) is 1.00. The SMILES string of the molecule is S[B]CC1CCCCCCCCCCCCCCC1. The molecule has 19 heavy (non-hydrogen) atoms. The standard InChI is InChI=1S/C17H34BS/c19-18-16-17-14-12-10-8-6-4-2-1-3-5-7-9-11-13-15-17/h17,19H,1-16H2. The molecule has 0 aromatic rings. The highest BCUT2D eigenvalue weighted by atomic mass is 32.1. The highest BCUT2D eigenvalue weighted by Gasteiger charge is 2.08. The van der Waals surface area contributed by atoms with Gasteiger partial charge in [0.05, 0.1) is 0 Å². The number of rotatable bonds is 2. The summed E-state index contributed by atoms with van der Waals surface area (Å²) in [5, 5.41) is 0. The normalized spacial score (nSPS) is 23.0. The van der Waals surface area contributed by atoms with Crippen LogP contribution in [0.2, 0.25) is 6.32 Å². The lowest BCUT2D eigenvalue weighted by Gasteiger charge is -2.15. The molecule has 1 fully saturated rings. The van der Waals surface area contributed by atoms with Crippen LogP contribution in [-0.2, 0) is 0 Å². The van der Waals surface area contributed by atoms with E-state index in [4.69, 9.17) is 0 Å². The maximum absolute atomic E-state index is 4.31. The zero-order chi connectivity index (χ0) is 13.6. The van der Waals surface area contributed by atoms with Crippen LogP contribution < -0.4 is 0 Å². The maximum atomic E-state index is 4.31. The molecule has 0 aromatic carbocycles. The molecule has 0 atom stereocenters. The first-order valence-electron chi connectivity index (χ1n) is 8.89. The van der Waals surface area contributed by atoms with Gasteiger partial charge in [-0.15, -0.1) is 0 Å². The Morgan fingerprint density at radius 3 is 1.21 bits per heavy atom. The van der Waals surface area contributed by atoms with Crippen molar-refractivity contribution in [1.29, 1.82) is 0 Å². The van der Waals surface area contributed by atoms with Gasteiger partial charge in [-0.05, 0) is 5.92 Å². The molecule has 0 spiro atoms. The van der Waals surface area contributed by atoms with Gasteiger partial charge in [-0.1, -0.05) is 103 Å². The van der Waals surface area contributed by atoms with Gasteiger partial charge in [0, 0.05) is 0 Å². The Balaban J connectivity index is 2.19. The van der Waals surface area contributed by atoms with Gasteiger partial charge in [-0.25, -0.2) is 12.5 Å². The second-order valence-corrected chi connectivity index (χ2v) is 6.82. The average Bonchev–Trinajstić information content (AvgIpc) is 2.41. The van der Waals surface area contributed by atoms with Crippen molar-refractivity contribution in [2.24, 2.45) is 5.92 Å². The molecule has 0 amide bonds. The maximum Gasteiger partial charge on any atom is 0.187 e. The highest BCUT2D eigenvalue weighted by molar-refractivity contribution is 8.06. The Labute approximate surface area is 128 Å². The van der Waals surface area contributed by atoms with Crippen LogP contribution in [0.15, 0.2) is 0 Å². The summed E-state index contributed by atoms with van der Waals surface area (Å²) in [5.74, 6) is 0.922. The molecule has 0 saturated heterocycles. The number of hydrogen-bond donors (Lipinski definition) is 1. The van der Waals surface area contributed by atoms with Crippen LogP contribution in [0.3, 0.4) is 0 Å². The average molecular weight is 281 g/mol. The zero-order valence-corrected chi connectivity index (χ0v) is 13.8. The molecule has 0 nitrogen and oxygen atoms in total. The van der Waals surface area contributed by atoms with Crippen molar-refractivity contribution in [1.82, 2.24) is 0 Å². The Kier molecular flexibility index (Phi) is 12.3. The van der Waals surface area contributed by atoms with Crippen LogP contribution in [0.4, 0.5) is 0 Å². The summed E-state index contributed by atoms with van der Waals surface area (Å²) < 4.78 is 0. The minimum Gasteiger partial charge on any atom is -0.235 e. The van der Waals surface area contributed by atoms with Crippen molar-refractivity contribution in [2.45, 2.75) is 103 Å². The second-order valence-electron chi connectivity index (χ2n) is 6.46. The molecule has 1 rings (SSSR count). The Hall–Kier alpha value is 0.415. The topological polar surface area (TPSA) is 0 Å². The first-order chi connectivity index (χ1) is 9.43. The van der Waals surface area contributed by atoms with Gasteiger partial charge in [-0.2, -0.15) is 0 Å². The van der Waals surface area contributed by atoms with Crippen molar-refractivity contribution in [3.63, 3.8) is 0 Å². The van der Waals surface area contributed by atoms with Crippen LogP contribution in [0.1, 0.15) is 96.3 Å². The van der Waals surface area contributed by atoms with E-state index < -0.39 is 0 Å². The molecule has 0 aliphatic heterocycles. The van der Waals surface area contributed by atoms with E-state index in [-0.39, 0.29) is 0 Å². The lowest BCUT2D eigenvalue weighted by Crippen LogP contribution is -2.02. The third kappa shape index (κ3) is 10.8. The van der Waals surface area contributed by atoms with E-state index in [0.717, 1.165) is 5.92 Å². The van der Waals surface area contributed by atoms with Crippen LogP contribution in [-0.4, -0.2) is 6.56 Å². The van der Waals surface area contributed by atoms with E-state index >= 15 is 0 Å². The molecule has 1 radical (unpaired) electrons. The van der Waals surface area contributed by atoms with Gasteiger partial charge in [0.25, 0.3) is 0 Å². The zero-order valence-electron chi connectivity index (χ0n) is 12.9. The predicted molar refractivity (Wildman–Crippen MR) is 92.3 cm³/mol. The van der Waals surface area contributed by atoms with Gasteiger partial charge in [0.1, 0.15) is 0 Å². The van der Waals surface area contributed by atoms with Crippen molar-refractivity contribution >= 4 is 19.0 Å². The summed E-state index contributed by atoms with van der Waals surface area (Å²) in [6.07, 6.45) is 23.2. The molecule has 1 aliphatic rings. The molecule has 111 valence electrons. The van der Waals surface area contributed by atoms with Gasteiger partial charge in [-0.3, -0.25) is 0 Å². The van der Waals surface area contributed by atoms with E-state index in [1.165, 1.54) is 103 Å². The summed E-state index contributed by atoms with van der Waals surface area (Å²) in [5.41, 5.74) is 0. The third-order valence-electron chi connectivity index (χ3n) is 4.66. The van der Waals surface area contributed by atoms with Gasteiger partial charge >= 0.3 is 0 Å². The van der Waals surface area contributed by atoms with E-state index in [1.807, 2.05) is 0 Å². The summed E-state index contributed by atoms with van der Waals surface area (Å²) in [6, 6.07) is 0. The van der Waals surface area contributed by atoms with E-state index in [1.54, 1.807) is 0 Å². The molecule has 1 aliphatic carbocycles. The van der Waals surface area contributed by atoms with E-state index in [0.29, 0.717) is 0 Å². The monoisotopic (exact) mass is 281 g/mol. The van der Waals surface area contributed by atoms with Gasteiger partial charge in [0.2, 0.25) is 0 Å². The van der Waals surface area contributed by atoms with Crippen molar-refractivity contribution < 1.29 is 0 Å². The lowest BCUT2D eigenvalue weighted by atomic mass is 9.82. The van der Waals surface area contributed by atoms with Crippen LogP contribution >= 0.6 is 12.5 Å². The molecule has 0 heterocycles. The third-order valence-corrected chi connectivity index (χ3v) is 4.87. The van der Waals surface area contributed by atoms with Crippen molar-refractivity contribution in [2.75, 3.05) is 0 Å². The Morgan fingerprint density at radius 1 is 0.579 bits per heavy atom. The quantitative estimate of drug-likeness (QED) is 0.437. The highest BCUT2D eigenvalue weighted by Crippen LogP contribution is 2.23. The fourth-order valence-corrected chi connectivity index (χ4v) is 3.64. The molecular weight excluding hydrogens is 247 g/mol. The molecular formula is C17H34BS. The number of thiol groups is 1. The van der Waals surface area contributed by atoms with Crippen LogP contribution in [0.25, 0.3) is 0 Å². The van der Waals surface area contributed by atoms with Crippen molar-refractivity contribution in [3.05, 3.63) is 0 Å². The summed E-state index contributed by atoms with van der Waals surface area (Å²) >= 11 is 4.31. The first kappa shape index (κ1) is 17.5. The van der Waals surface area contributed by atoms with Gasteiger partial charge in [0.15, 0.2) is 6.56 Å². The Morgan fingerprint density at radius 2 is 0.895 bits per heavy atom. The predicted octanol–water partition coefficient (Wildman–Crippen LogP) is 6.44. The van der Waals surface area contributed by atoms with Crippen LogP contribution in [0.5, 0.6) is 0 Å². The summed E-state index contributed by atoms with van der Waals surface area (Å²) in [6.45, 7) is 2.09. The summed E-state index contributed by atoms with van der Waals surface area (Å²) in [4.78, 5) is 0. The van der Waals surface area contributed by atoms with Crippen LogP contribution in [0, 0.1) is 5.92 Å². The molecule has 0 unspecified atom stereocenters. The first-order valence-corrected chi connectivity index (χ1v) is 9.41. The minimum absolute atomic E-state index is 0.922. The van der Waals surface area contributed by atoms with Gasteiger partial charge < -0.3 is 0 Å². The lowest BCUT2D eigenvalue weighted by molar-refractivity contribution is 0.426. The smallest absolute Gasteiger partial charge is 0.187 e. The minimum atomic E-state index is 0.922. The fourth-order valence-electron chi connectivity index (χ4n) is 3.34. The molecule has 0 N–H and O–H groups in total. The second kappa shape index (κ2) is 13.4. The molecule has 2 heteroatoms. The Bertz CT molecular complexity index is 168. The number of hydrogen-bond acceptors (Lipinski definition) is 1. The molecule has 1 saturated carbocycles. The van der Waals surface area contributed by atoms with Crippen molar-refractivity contribution in [3.8, 4) is 0 Å².